The van der Waals surface area contributed by atoms with Gasteiger partial charge in [-0.2, -0.15) is 0 Å². The average Bonchev–Trinajstić information content (AvgIpc) is 2.47. The molecular weight excluding hydrogens is 236 g/mol. The fourth-order valence-corrected chi connectivity index (χ4v) is 2.52. The van der Waals surface area contributed by atoms with Crippen molar-refractivity contribution in [2.45, 2.75) is 26.2 Å². The van der Waals surface area contributed by atoms with Crippen LogP contribution in [0, 0.1) is 0 Å². The second-order valence-corrected chi connectivity index (χ2v) is 5.21. The molecule has 0 radical (unpaired) electrons. The molecule has 1 amide bonds. The van der Waals surface area contributed by atoms with Gasteiger partial charge in [0.05, 0.1) is 0 Å². The number of hydrogen-bond acceptors (Lipinski definition) is 2. The molecule has 0 saturated carbocycles. The van der Waals surface area contributed by atoms with Crippen molar-refractivity contribution in [2.24, 2.45) is 0 Å². The lowest BCUT2D eigenvalue weighted by Gasteiger charge is -2.34. The lowest BCUT2D eigenvalue weighted by Crippen LogP contribution is -2.49. The van der Waals surface area contributed by atoms with Gasteiger partial charge in [-0.1, -0.05) is 37.3 Å². The van der Waals surface area contributed by atoms with E-state index in [2.05, 4.69) is 42.2 Å². The molecular formula is C16H24N2O. The van der Waals surface area contributed by atoms with Crippen LogP contribution >= 0.6 is 0 Å². The smallest absolute Gasteiger partial charge is 0.222 e. The van der Waals surface area contributed by atoms with Crippen molar-refractivity contribution in [3.63, 3.8) is 0 Å². The predicted octanol–water partition coefficient (Wildman–Crippen LogP) is 2.17. The molecule has 0 aliphatic carbocycles. The predicted molar refractivity (Wildman–Crippen MR) is 78.1 cm³/mol. The molecule has 104 valence electrons. The third-order valence-corrected chi connectivity index (χ3v) is 3.75. The zero-order valence-electron chi connectivity index (χ0n) is 11.8. The lowest BCUT2D eigenvalue weighted by molar-refractivity contribution is -0.132. The van der Waals surface area contributed by atoms with Crippen LogP contribution in [0.4, 0.5) is 0 Å². The molecule has 3 heteroatoms. The van der Waals surface area contributed by atoms with E-state index in [1.54, 1.807) is 0 Å². The van der Waals surface area contributed by atoms with Gasteiger partial charge in [-0.05, 0) is 18.4 Å². The molecule has 1 aliphatic heterocycles. The monoisotopic (exact) mass is 260 g/mol. The van der Waals surface area contributed by atoms with E-state index in [1.165, 1.54) is 5.56 Å². The third-order valence-electron chi connectivity index (χ3n) is 3.75. The van der Waals surface area contributed by atoms with Crippen molar-refractivity contribution in [1.82, 2.24) is 9.80 Å². The summed E-state index contributed by atoms with van der Waals surface area (Å²) in [6, 6.07) is 10.6. The Bertz CT molecular complexity index is 383. The summed E-state index contributed by atoms with van der Waals surface area (Å²) in [6.45, 7) is 6.99. The first-order chi connectivity index (χ1) is 9.29. The quantitative estimate of drug-likeness (QED) is 0.810. The highest BCUT2D eigenvalue weighted by atomic mass is 16.2. The number of amides is 1. The van der Waals surface area contributed by atoms with E-state index in [1.807, 2.05) is 4.90 Å². The zero-order valence-corrected chi connectivity index (χ0v) is 11.8. The van der Waals surface area contributed by atoms with Gasteiger partial charge in [0.2, 0.25) is 5.91 Å². The fraction of sp³-hybridized carbons (Fsp3) is 0.562. The third kappa shape index (κ3) is 4.35. The molecule has 1 fully saturated rings. The van der Waals surface area contributed by atoms with E-state index >= 15 is 0 Å². The van der Waals surface area contributed by atoms with E-state index in [-0.39, 0.29) is 0 Å². The normalized spacial score (nSPS) is 16.6. The molecule has 0 aromatic heterocycles. The van der Waals surface area contributed by atoms with Gasteiger partial charge < -0.3 is 4.90 Å². The molecule has 0 atom stereocenters. The highest BCUT2D eigenvalue weighted by Gasteiger charge is 2.19. The van der Waals surface area contributed by atoms with E-state index in [4.69, 9.17) is 0 Å². The second kappa shape index (κ2) is 7.29. The van der Waals surface area contributed by atoms with Crippen LogP contribution in [0.1, 0.15) is 25.3 Å². The summed E-state index contributed by atoms with van der Waals surface area (Å²) in [5, 5.41) is 0. The Morgan fingerprint density at radius 3 is 2.42 bits per heavy atom. The number of hydrogen-bond donors (Lipinski definition) is 0. The van der Waals surface area contributed by atoms with Crippen LogP contribution in [0.25, 0.3) is 0 Å². The van der Waals surface area contributed by atoms with Gasteiger partial charge in [0.15, 0.2) is 0 Å². The number of nitrogens with zero attached hydrogens (tertiary/aromatic N) is 2. The van der Waals surface area contributed by atoms with Crippen LogP contribution in [0.3, 0.4) is 0 Å². The van der Waals surface area contributed by atoms with Crippen LogP contribution in [0.5, 0.6) is 0 Å². The van der Waals surface area contributed by atoms with Crippen LogP contribution in [-0.4, -0.2) is 48.4 Å². The van der Waals surface area contributed by atoms with E-state index in [0.717, 1.165) is 45.6 Å². The molecule has 0 bridgehead atoms. The van der Waals surface area contributed by atoms with Crippen molar-refractivity contribution in [1.29, 1.82) is 0 Å². The van der Waals surface area contributed by atoms with Gasteiger partial charge in [-0.3, -0.25) is 9.69 Å². The van der Waals surface area contributed by atoms with Gasteiger partial charge in [0, 0.05) is 39.1 Å². The Labute approximate surface area is 116 Å². The summed E-state index contributed by atoms with van der Waals surface area (Å²) in [6.07, 6.45) is 2.75. The average molecular weight is 260 g/mol. The molecule has 3 nitrogen and oxygen atoms in total. The molecule has 0 N–H and O–H groups in total. The Morgan fingerprint density at radius 1 is 1.11 bits per heavy atom. The van der Waals surface area contributed by atoms with Crippen molar-refractivity contribution < 1.29 is 4.79 Å². The number of carbonyl (C=O) groups excluding carboxylic acids is 1. The second-order valence-electron chi connectivity index (χ2n) is 5.21. The van der Waals surface area contributed by atoms with E-state index in [0.29, 0.717) is 12.3 Å². The summed E-state index contributed by atoms with van der Waals surface area (Å²) in [4.78, 5) is 16.3. The standard InChI is InChI=1S/C16H24N2O/c1-2-6-16(19)18-13-11-17(12-14-18)10-9-15-7-4-3-5-8-15/h3-5,7-8H,2,6,9-14H2,1H3. The number of piperazine rings is 1. The summed E-state index contributed by atoms with van der Waals surface area (Å²) in [5.41, 5.74) is 1.40. The first-order valence-electron chi connectivity index (χ1n) is 7.33. The first kappa shape index (κ1) is 14.1. The van der Waals surface area contributed by atoms with Crippen molar-refractivity contribution in [2.75, 3.05) is 32.7 Å². The fourth-order valence-electron chi connectivity index (χ4n) is 2.52. The number of carbonyl (C=O) groups is 1. The summed E-state index contributed by atoms with van der Waals surface area (Å²) in [7, 11) is 0. The van der Waals surface area contributed by atoms with E-state index < -0.39 is 0 Å². The first-order valence-corrected chi connectivity index (χ1v) is 7.33. The summed E-state index contributed by atoms with van der Waals surface area (Å²) < 4.78 is 0. The maximum atomic E-state index is 11.8. The minimum Gasteiger partial charge on any atom is -0.340 e. The van der Waals surface area contributed by atoms with Crippen molar-refractivity contribution >= 4 is 5.91 Å². The molecule has 1 heterocycles. The number of rotatable bonds is 5. The molecule has 0 unspecified atom stereocenters. The Hall–Kier alpha value is -1.35. The van der Waals surface area contributed by atoms with Gasteiger partial charge in [0.25, 0.3) is 0 Å². The Morgan fingerprint density at radius 2 is 1.79 bits per heavy atom. The van der Waals surface area contributed by atoms with Gasteiger partial charge in [0.1, 0.15) is 0 Å². The minimum atomic E-state index is 0.324. The molecule has 1 aromatic rings. The van der Waals surface area contributed by atoms with Crippen LogP contribution in [0.15, 0.2) is 30.3 Å². The molecule has 1 saturated heterocycles. The molecule has 0 spiro atoms. The van der Waals surface area contributed by atoms with Gasteiger partial charge in [-0.25, -0.2) is 0 Å². The maximum Gasteiger partial charge on any atom is 0.222 e. The highest BCUT2D eigenvalue weighted by Crippen LogP contribution is 2.07. The van der Waals surface area contributed by atoms with E-state index in [9.17, 15) is 4.79 Å². The maximum absolute atomic E-state index is 11.8. The molecule has 1 aromatic carbocycles. The molecule has 2 rings (SSSR count). The Kier molecular flexibility index (Phi) is 5.40. The molecule has 1 aliphatic rings. The van der Waals surface area contributed by atoms with Crippen molar-refractivity contribution in [3.05, 3.63) is 35.9 Å². The summed E-state index contributed by atoms with van der Waals surface area (Å²) in [5.74, 6) is 0.324. The topological polar surface area (TPSA) is 23.6 Å². The summed E-state index contributed by atoms with van der Waals surface area (Å²) >= 11 is 0. The highest BCUT2D eigenvalue weighted by molar-refractivity contribution is 5.76. The van der Waals surface area contributed by atoms with Gasteiger partial charge >= 0.3 is 0 Å². The molecule has 19 heavy (non-hydrogen) atoms. The largest absolute Gasteiger partial charge is 0.340 e. The van der Waals surface area contributed by atoms with Crippen LogP contribution < -0.4 is 0 Å². The minimum absolute atomic E-state index is 0.324. The van der Waals surface area contributed by atoms with Crippen LogP contribution in [0.2, 0.25) is 0 Å². The zero-order chi connectivity index (χ0) is 13.5. The number of benzene rings is 1. The SMILES string of the molecule is CCCC(=O)N1CCN(CCc2ccccc2)CC1. The lowest BCUT2D eigenvalue weighted by atomic mass is 10.1. The van der Waals surface area contributed by atoms with Gasteiger partial charge in [-0.15, -0.1) is 0 Å². The van der Waals surface area contributed by atoms with Crippen molar-refractivity contribution in [3.8, 4) is 0 Å². The Balaban J connectivity index is 1.70. The van der Waals surface area contributed by atoms with Crippen LogP contribution in [-0.2, 0) is 11.2 Å².